The Kier molecular flexibility index (Phi) is 7.52. The van der Waals surface area contributed by atoms with E-state index in [0.717, 1.165) is 24.9 Å². The number of hydrogen-bond donors (Lipinski definition) is 1. The van der Waals surface area contributed by atoms with E-state index in [-0.39, 0.29) is 17.3 Å². The average molecular weight is 491 g/mol. The third-order valence-electron chi connectivity index (χ3n) is 4.21. The smallest absolute Gasteiger partial charge is 0.270 e. The Balaban J connectivity index is 1.61. The number of tetrazole rings is 1. The predicted molar refractivity (Wildman–Crippen MR) is 118 cm³/mol. The van der Waals surface area contributed by atoms with Crippen molar-refractivity contribution in [1.29, 1.82) is 0 Å². The number of amides is 1. The number of aryl methyl sites for hydroxylation is 1. The molecule has 156 valence electrons. The normalized spacial score (nSPS) is 10.7. The van der Waals surface area contributed by atoms with Crippen LogP contribution in [0.1, 0.15) is 25.3 Å². The van der Waals surface area contributed by atoms with E-state index in [1.807, 2.05) is 12.1 Å². The van der Waals surface area contributed by atoms with Gasteiger partial charge in [-0.15, -0.1) is 5.10 Å². The molecular weight excluding hydrogens is 472 g/mol. The van der Waals surface area contributed by atoms with E-state index in [4.69, 9.17) is 0 Å². The summed E-state index contributed by atoms with van der Waals surface area (Å²) in [6.07, 6.45) is 3.33. The average Bonchev–Trinajstić information content (AvgIpc) is 3.21. The van der Waals surface area contributed by atoms with Gasteiger partial charge in [0.2, 0.25) is 11.1 Å². The Bertz CT molecular complexity index is 1040. The molecule has 0 saturated heterocycles. The minimum Gasteiger partial charge on any atom is -0.324 e. The Hall–Kier alpha value is -2.79. The second-order valence-electron chi connectivity index (χ2n) is 6.40. The zero-order chi connectivity index (χ0) is 21.5. The SMILES string of the molecule is CCCCc1ccc(-n2nnnc2SCC(=O)Nc2ccc([N+](=O)[O-])cc2Br)cc1. The zero-order valence-electron chi connectivity index (χ0n) is 16.1. The van der Waals surface area contributed by atoms with Gasteiger partial charge < -0.3 is 5.32 Å². The van der Waals surface area contributed by atoms with Gasteiger partial charge in [0.25, 0.3) is 5.69 Å². The number of carbonyl (C=O) groups is 1. The van der Waals surface area contributed by atoms with Gasteiger partial charge in [0, 0.05) is 16.6 Å². The minimum atomic E-state index is -0.498. The summed E-state index contributed by atoms with van der Waals surface area (Å²) in [4.78, 5) is 22.6. The Morgan fingerprint density at radius 2 is 2.03 bits per heavy atom. The van der Waals surface area contributed by atoms with Crippen LogP contribution in [0.4, 0.5) is 11.4 Å². The fourth-order valence-electron chi connectivity index (χ4n) is 2.65. The number of hydrogen-bond acceptors (Lipinski definition) is 7. The minimum absolute atomic E-state index is 0.0610. The number of nitro benzene ring substituents is 1. The quantitative estimate of drug-likeness (QED) is 0.268. The number of nitrogens with zero attached hydrogens (tertiary/aromatic N) is 5. The van der Waals surface area contributed by atoms with Crippen molar-refractivity contribution in [3.63, 3.8) is 0 Å². The lowest BCUT2D eigenvalue weighted by Crippen LogP contribution is -2.15. The maximum Gasteiger partial charge on any atom is 0.270 e. The first-order chi connectivity index (χ1) is 14.5. The molecule has 3 rings (SSSR count). The molecule has 0 saturated carbocycles. The number of thioether (sulfide) groups is 1. The van der Waals surface area contributed by atoms with Crippen molar-refractivity contribution in [2.24, 2.45) is 0 Å². The molecule has 9 nitrogen and oxygen atoms in total. The molecule has 0 fully saturated rings. The third kappa shape index (κ3) is 5.63. The van der Waals surface area contributed by atoms with E-state index in [1.54, 1.807) is 4.68 Å². The van der Waals surface area contributed by atoms with Gasteiger partial charge in [-0.25, -0.2) is 0 Å². The molecule has 1 heterocycles. The molecule has 30 heavy (non-hydrogen) atoms. The van der Waals surface area contributed by atoms with Crippen LogP contribution in [0.5, 0.6) is 0 Å². The first-order valence-corrected chi connectivity index (χ1v) is 11.0. The Morgan fingerprint density at radius 3 is 2.70 bits per heavy atom. The lowest BCUT2D eigenvalue weighted by atomic mass is 10.1. The van der Waals surface area contributed by atoms with Crippen LogP contribution >= 0.6 is 27.7 Å². The van der Waals surface area contributed by atoms with Gasteiger partial charge in [0.15, 0.2) is 0 Å². The number of nitro groups is 1. The second kappa shape index (κ2) is 10.3. The van der Waals surface area contributed by atoms with Crippen LogP contribution in [0, 0.1) is 10.1 Å². The van der Waals surface area contributed by atoms with Crippen LogP contribution in [0.2, 0.25) is 0 Å². The van der Waals surface area contributed by atoms with Crippen molar-refractivity contribution in [3.8, 4) is 5.69 Å². The molecular formula is C19H19BrN6O3S. The van der Waals surface area contributed by atoms with Gasteiger partial charge in [-0.1, -0.05) is 37.2 Å². The number of anilines is 1. The Labute approximate surface area is 185 Å². The van der Waals surface area contributed by atoms with Crippen molar-refractivity contribution < 1.29 is 9.72 Å². The molecule has 1 aromatic heterocycles. The fraction of sp³-hybridized carbons (Fsp3) is 0.263. The van der Waals surface area contributed by atoms with Gasteiger partial charge in [-0.3, -0.25) is 14.9 Å². The van der Waals surface area contributed by atoms with E-state index in [1.165, 1.54) is 35.5 Å². The van der Waals surface area contributed by atoms with Crippen molar-refractivity contribution in [1.82, 2.24) is 20.2 Å². The van der Waals surface area contributed by atoms with Crippen molar-refractivity contribution in [2.75, 3.05) is 11.1 Å². The molecule has 1 amide bonds. The number of aromatic nitrogens is 4. The highest BCUT2D eigenvalue weighted by atomic mass is 79.9. The van der Waals surface area contributed by atoms with Gasteiger partial charge in [-0.2, -0.15) is 4.68 Å². The second-order valence-corrected chi connectivity index (χ2v) is 8.20. The van der Waals surface area contributed by atoms with Gasteiger partial charge in [0.1, 0.15) is 0 Å². The summed E-state index contributed by atoms with van der Waals surface area (Å²) in [7, 11) is 0. The van der Waals surface area contributed by atoms with Crippen molar-refractivity contribution in [3.05, 3.63) is 62.6 Å². The first-order valence-electron chi connectivity index (χ1n) is 9.22. The fourth-order valence-corrected chi connectivity index (χ4v) is 3.81. The van der Waals surface area contributed by atoms with Crippen LogP contribution in [-0.4, -0.2) is 36.8 Å². The molecule has 1 N–H and O–H groups in total. The van der Waals surface area contributed by atoms with E-state index >= 15 is 0 Å². The molecule has 0 bridgehead atoms. The molecule has 0 atom stereocenters. The van der Waals surface area contributed by atoms with E-state index in [9.17, 15) is 14.9 Å². The standard InChI is InChI=1S/C19H19BrN6O3S/c1-2-3-4-13-5-7-14(8-6-13)25-19(22-23-24-25)30-12-18(27)21-17-10-9-15(26(28)29)11-16(17)20/h5-11H,2-4,12H2,1H3,(H,21,27). The van der Waals surface area contributed by atoms with Crippen LogP contribution < -0.4 is 5.32 Å². The summed E-state index contributed by atoms with van der Waals surface area (Å²) >= 11 is 4.43. The molecule has 0 aliphatic rings. The summed E-state index contributed by atoms with van der Waals surface area (Å²) in [5.74, 6) is -0.197. The first kappa shape index (κ1) is 21.9. The van der Waals surface area contributed by atoms with Crippen LogP contribution in [0.15, 0.2) is 52.1 Å². The molecule has 11 heteroatoms. The number of nitrogens with one attached hydrogen (secondary N) is 1. The number of unbranched alkanes of at least 4 members (excludes halogenated alkanes) is 1. The molecule has 0 aliphatic heterocycles. The Morgan fingerprint density at radius 1 is 1.27 bits per heavy atom. The lowest BCUT2D eigenvalue weighted by Gasteiger charge is -2.08. The summed E-state index contributed by atoms with van der Waals surface area (Å²) in [5, 5.41) is 25.7. The van der Waals surface area contributed by atoms with Crippen LogP contribution in [-0.2, 0) is 11.2 Å². The molecule has 0 aliphatic carbocycles. The molecule has 3 aromatic rings. The van der Waals surface area contributed by atoms with Gasteiger partial charge in [-0.05, 0) is 63.0 Å². The predicted octanol–water partition coefficient (Wildman–Crippen LogP) is 4.41. The lowest BCUT2D eigenvalue weighted by molar-refractivity contribution is -0.384. The number of carbonyl (C=O) groups excluding carboxylic acids is 1. The highest BCUT2D eigenvalue weighted by Gasteiger charge is 2.14. The van der Waals surface area contributed by atoms with E-state index in [0.29, 0.717) is 15.3 Å². The number of rotatable bonds is 9. The molecule has 0 spiro atoms. The summed E-state index contributed by atoms with van der Waals surface area (Å²) < 4.78 is 2.02. The monoisotopic (exact) mass is 490 g/mol. The van der Waals surface area contributed by atoms with Gasteiger partial charge >= 0.3 is 0 Å². The zero-order valence-corrected chi connectivity index (χ0v) is 18.5. The highest BCUT2D eigenvalue weighted by molar-refractivity contribution is 9.10. The summed E-state index contributed by atoms with van der Waals surface area (Å²) in [5.41, 5.74) is 2.47. The number of non-ortho nitro benzene ring substituents is 1. The van der Waals surface area contributed by atoms with Gasteiger partial charge in [0.05, 0.1) is 22.1 Å². The van der Waals surface area contributed by atoms with Crippen LogP contribution in [0.25, 0.3) is 5.69 Å². The highest BCUT2D eigenvalue weighted by Crippen LogP contribution is 2.27. The maximum absolute atomic E-state index is 12.3. The van der Waals surface area contributed by atoms with Crippen molar-refractivity contribution >= 4 is 45.0 Å². The summed E-state index contributed by atoms with van der Waals surface area (Å²) in [6.45, 7) is 2.16. The van der Waals surface area contributed by atoms with Crippen LogP contribution in [0.3, 0.4) is 0 Å². The molecule has 2 aromatic carbocycles. The molecule has 0 radical (unpaired) electrons. The van der Waals surface area contributed by atoms with E-state index < -0.39 is 4.92 Å². The van der Waals surface area contributed by atoms with Crippen molar-refractivity contribution in [2.45, 2.75) is 31.3 Å². The number of halogens is 1. The van der Waals surface area contributed by atoms with E-state index in [2.05, 4.69) is 55.8 Å². The summed E-state index contributed by atoms with van der Waals surface area (Å²) in [6, 6.07) is 12.2. The largest absolute Gasteiger partial charge is 0.324 e. The maximum atomic E-state index is 12.3. The topological polar surface area (TPSA) is 116 Å². The third-order valence-corrected chi connectivity index (χ3v) is 5.79. The number of benzene rings is 2. The molecule has 0 unspecified atom stereocenters.